The number of aromatic nitrogens is 3. The van der Waals surface area contributed by atoms with Gasteiger partial charge in [0.05, 0.1) is 11.9 Å². The second kappa shape index (κ2) is 6.18. The van der Waals surface area contributed by atoms with Crippen LogP contribution in [0.3, 0.4) is 0 Å². The zero-order chi connectivity index (χ0) is 16.2. The predicted octanol–water partition coefficient (Wildman–Crippen LogP) is 1.58. The zero-order valence-corrected chi connectivity index (χ0v) is 12.4. The van der Waals surface area contributed by atoms with Crippen LogP contribution in [-0.4, -0.2) is 26.6 Å². The van der Waals surface area contributed by atoms with Gasteiger partial charge >= 0.3 is 0 Å². The monoisotopic (exact) mass is 309 g/mol. The molecule has 0 atom stereocenters. The van der Waals surface area contributed by atoms with Gasteiger partial charge in [-0.25, -0.2) is 4.68 Å². The van der Waals surface area contributed by atoms with Crippen LogP contribution >= 0.6 is 0 Å². The molecular weight excluding hydrogens is 294 g/mol. The number of benzene rings is 1. The molecule has 2 heterocycles. The van der Waals surface area contributed by atoms with Crippen molar-refractivity contribution in [2.45, 2.75) is 6.92 Å². The summed E-state index contributed by atoms with van der Waals surface area (Å²) in [7, 11) is 0. The summed E-state index contributed by atoms with van der Waals surface area (Å²) in [6.45, 7) is 1.96. The number of amides is 2. The number of aromatic amines is 1. The molecule has 23 heavy (non-hydrogen) atoms. The van der Waals surface area contributed by atoms with Crippen molar-refractivity contribution >= 4 is 11.8 Å². The molecule has 7 heteroatoms. The Balaban J connectivity index is 1.62. The van der Waals surface area contributed by atoms with Gasteiger partial charge in [-0.3, -0.25) is 20.4 Å². The lowest BCUT2D eigenvalue weighted by Gasteiger charge is -2.07. The fourth-order valence-corrected chi connectivity index (χ4v) is 2.04. The predicted molar refractivity (Wildman–Crippen MR) is 84.0 cm³/mol. The molecule has 2 aromatic heterocycles. The van der Waals surface area contributed by atoms with Crippen LogP contribution < -0.4 is 10.9 Å². The Bertz CT molecular complexity index is 819. The summed E-state index contributed by atoms with van der Waals surface area (Å²) in [6.07, 6.45) is 5.29. The molecule has 7 nitrogen and oxygen atoms in total. The van der Waals surface area contributed by atoms with E-state index < -0.39 is 11.8 Å². The highest BCUT2D eigenvalue weighted by atomic mass is 16.2. The van der Waals surface area contributed by atoms with Crippen LogP contribution in [0, 0.1) is 6.92 Å². The number of hydrogen-bond donors (Lipinski definition) is 3. The van der Waals surface area contributed by atoms with E-state index in [0.717, 1.165) is 11.3 Å². The van der Waals surface area contributed by atoms with Crippen molar-refractivity contribution in [1.82, 2.24) is 25.6 Å². The van der Waals surface area contributed by atoms with Gasteiger partial charge in [-0.1, -0.05) is 0 Å². The number of carbonyl (C=O) groups excluding carboxylic acids is 2. The summed E-state index contributed by atoms with van der Waals surface area (Å²) < 4.78 is 1.73. The average molecular weight is 309 g/mol. The summed E-state index contributed by atoms with van der Waals surface area (Å²) in [5, 5.41) is 4.20. The number of hydrogen-bond acceptors (Lipinski definition) is 3. The smallest absolute Gasteiger partial charge is 0.286 e. The van der Waals surface area contributed by atoms with Crippen molar-refractivity contribution in [3.8, 4) is 5.69 Å². The van der Waals surface area contributed by atoms with Crippen molar-refractivity contribution < 1.29 is 9.59 Å². The molecule has 0 unspecified atom stereocenters. The third-order valence-corrected chi connectivity index (χ3v) is 3.24. The molecule has 116 valence electrons. The van der Waals surface area contributed by atoms with E-state index in [-0.39, 0.29) is 0 Å². The fraction of sp³-hybridized carbons (Fsp3) is 0.0625. The second-order valence-corrected chi connectivity index (χ2v) is 5.00. The Kier molecular flexibility index (Phi) is 3.92. The molecule has 1 aromatic carbocycles. The van der Waals surface area contributed by atoms with E-state index in [1.807, 2.05) is 13.1 Å². The summed E-state index contributed by atoms with van der Waals surface area (Å²) in [5.41, 5.74) is 7.43. The van der Waals surface area contributed by atoms with E-state index in [4.69, 9.17) is 0 Å². The molecule has 3 N–H and O–H groups in total. The highest BCUT2D eigenvalue weighted by Gasteiger charge is 2.09. The molecule has 0 aliphatic heterocycles. The van der Waals surface area contributed by atoms with Crippen LogP contribution in [0.1, 0.15) is 26.4 Å². The van der Waals surface area contributed by atoms with Crippen molar-refractivity contribution in [3.63, 3.8) is 0 Å². The fourth-order valence-electron chi connectivity index (χ4n) is 2.04. The summed E-state index contributed by atoms with van der Waals surface area (Å²) >= 11 is 0. The lowest BCUT2D eigenvalue weighted by Crippen LogP contribution is -2.41. The molecule has 0 bridgehead atoms. The first-order valence-electron chi connectivity index (χ1n) is 6.99. The van der Waals surface area contributed by atoms with Crippen LogP contribution in [0.25, 0.3) is 5.69 Å². The van der Waals surface area contributed by atoms with Gasteiger partial charge in [0, 0.05) is 18.0 Å². The summed E-state index contributed by atoms with van der Waals surface area (Å²) in [6, 6.07) is 10.2. The topological polar surface area (TPSA) is 91.8 Å². The van der Waals surface area contributed by atoms with Crippen molar-refractivity contribution in [2.75, 3.05) is 0 Å². The number of nitrogens with zero attached hydrogens (tertiary/aromatic N) is 2. The van der Waals surface area contributed by atoms with E-state index >= 15 is 0 Å². The molecule has 3 rings (SSSR count). The first-order chi connectivity index (χ1) is 11.1. The Morgan fingerprint density at radius 3 is 2.43 bits per heavy atom. The zero-order valence-electron chi connectivity index (χ0n) is 12.4. The third-order valence-electron chi connectivity index (χ3n) is 3.24. The maximum absolute atomic E-state index is 12.0. The van der Waals surface area contributed by atoms with Crippen LogP contribution in [0.2, 0.25) is 0 Å². The van der Waals surface area contributed by atoms with Crippen LogP contribution in [0.5, 0.6) is 0 Å². The van der Waals surface area contributed by atoms with Gasteiger partial charge in [-0.2, -0.15) is 5.10 Å². The van der Waals surface area contributed by atoms with Gasteiger partial charge in [0.25, 0.3) is 11.8 Å². The van der Waals surface area contributed by atoms with Crippen LogP contribution in [0.15, 0.2) is 55.0 Å². The lowest BCUT2D eigenvalue weighted by molar-refractivity contribution is 0.0844. The number of rotatable bonds is 3. The van der Waals surface area contributed by atoms with E-state index in [1.54, 1.807) is 53.5 Å². The largest absolute Gasteiger partial charge is 0.357 e. The number of carbonyl (C=O) groups is 2. The van der Waals surface area contributed by atoms with Gasteiger partial charge in [-0.05, 0) is 48.9 Å². The van der Waals surface area contributed by atoms with Gasteiger partial charge < -0.3 is 4.98 Å². The number of hydrazine groups is 1. The first kappa shape index (κ1) is 14.6. The van der Waals surface area contributed by atoms with Gasteiger partial charge in [0.15, 0.2) is 0 Å². The van der Waals surface area contributed by atoms with Gasteiger partial charge in [0.1, 0.15) is 5.69 Å². The molecule has 2 amide bonds. The molecule has 0 fully saturated rings. The SMILES string of the molecule is Cc1cnn(-c2ccc(C(=O)NNC(=O)c3ccc[nH]3)cc2)c1. The highest BCUT2D eigenvalue weighted by molar-refractivity contribution is 5.98. The summed E-state index contributed by atoms with van der Waals surface area (Å²) in [5.74, 6) is -0.805. The molecule has 0 aliphatic rings. The molecule has 0 aliphatic carbocycles. The molecular formula is C16H15N5O2. The standard InChI is InChI=1S/C16H15N5O2/c1-11-9-18-21(10-11)13-6-4-12(5-7-13)15(22)19-20-16(23)14-3-2-8-17-14/h2-10,17H,1H3,(H,19,22)(H,20,23). The van der Waals surface area contributed by atoms with Crippen LogP contribution in [-0.2, 0) is 0 Å². The van der Waals surface area contributed by atoms with Gasteiger partial charge in [-0.15, -0.1) is 0 Å². The van der Waals surface area contributed by atoms with Crippen molar-refractivity contribution in [1.29, 1.82) is 0 Å². The third kappa shape index (κ3) is 3.29. The minimum Gasteiger partial charge on any atom is -0.357 e. The lowest BCUT2D eigenvalue weighted by atomic mass is 10.2. The Hall–Kier alpha value is -3.35. The molecule has 0 radical (unpaired) electrons. The molecule has 0 saturated carbocycles. The molecule has 0 saturated heterocycles. The second-order valence-electron chi connectivity index (χ2n) is 5.00. The van der Waals surface area contributed by atoms with E-state index in [1.165, 1.54) is 0 Å². The minimum absolute atomic E-state index is 0.370. The maximum atomic E-state index is 12.0. The molecule has 3 aromatic rings. The van der Waals surface area contributed by atoms with E-state index in [0.29, 0.717) is 11.3 Å². The average Bonchev–Trinajstić information content (AvgIpc) is 3.24. The maximum Gasteiger partial charge on any atom is 0.286 e. The molecule has 0 spiro atoms. The number of H-pyrrole nitrogens is 1. The van der Waals surface area contributed by atoms with E-state index in [2.05, 4.69) is 20.9 Å². The number of aryl methyl sites for hydroxylation is 1. The van der Waals surface area contributed by atoms with E-state index in [9.17, 15) is 9.59 Å². The Labute approximate surface area is 132 Å². The van der Waals surface area contributed by atoms with Crippen molar-refractivity contribution in [2.24, 2.45) is 0 Å². The normalized spacial score (nSPS) is 10.3. The van der Waals surface area contributed by atoms with Crippen LogP contribution in [0.4, 0.5) is 0 Å². The Morgan fingerprint density at radius 1 is 1.09 bits per heavy atom. The Morgan fingerprint density at radius 2 is 1.83 bits per heavy atom. The first-order valence-corrected chi connectivity index (χ1v) is 6.99. The summed E-state index contributed by atoms with van der Waals surface area (Å²) in [4.78, 5) is 26.5. The van der Waals surface area contributed by atoms with Gasteiger partial charge in [0.2, 0.25) is 0 Å². The van der Waals surface area contributed by atoms with Crippen molar-refractivity contribution in [3.05, 3.63) is 71.8 Å². The minimum atomic E-state index is -0.410. The highest BCUT2D eigenvalue weighted by Crippen LogP contribution is 2.09. The quantitative estimate of drug-likeness (QED) is 0.641. The number of nitrogens with one attached hydrogen (secondary N) is 3.